The molecule has 0 fully saturated rings. The van der Waals surface area contributed by atoms with Gasteiger partial charge in [-0.15, -0.1) is 0 Å². The predicted octanol–water partition coefficient (Wildman–Crippen LogP) is 15.1. The van der Waals surface area contributed by atoms with E-state index >= 15 is 0 Å². The van der Waals surface area contributed by atoms with E-state index < -0.39 is 0 Å². The van der Waals surface area contributed by atoms with Crippen LogP contribution < -0.4 is 0 Å². The molecular formula is C55H37NO. The minimum absolute atomic E-state index is 0.137. The summed E-state index contributed by atoms with van der Waals surface area (Å²) in [5, 5.41) is 8.50. The second kappa shape index (κ2) is 11.9. The van der Waals surface area contributed by atoms with E-state index in [2.05, 4.69) is 200 Å². The first-order valence-electron chi connectivity index (χ1n) is 19.8. The van der Waals surface area contributed by atoms with Gasteiger partial charge in [-0.1, -0.05) is 159 Å². The molecule has 0 N–H and O–H groups in total. The molecule has 0 bridgehead atoms. The van der Waals surface area contributed by atoms with E-state index in [0.717, 1.165) is 21.9 Å². The smallest absolute Gasteiger partial charge is 0.135 e. The zero-order chi connectivity index (χ0) is 37.8. The molecule has 57 heavy (non-hydrogen) atoms. The van der Waals surface area contributed by atoms with Gasteiger partial charge in [0, 0.05) is 32.8 Å². The first-order chi connectivity index (χ1) is 28.0. The van der Waals surface area contributed by atoms with Crippen molar-refractivity contribution in [3.05, 3.63) is 199 Å². The van der Waals surface area contributed by atoms with E-state index in [4.69, 9.17) is 4.42 Å². The molecule has 12 rings (SSSR count). The van der Waals surface area contributed by atoms with Crippen LogP contribution in [0.3, 0.4) is 0 Å². The zero-order valence-corrected chi connectivity index (χ0v) is 31.8. The average molecular weight is 728 g/mol. The quantitative estimate of drug-likeness (QED) is 0.165. The van der Waals surface area contributed by atoms with Crippen LogP contribution in [0.5, 0.6) is 0 Å². The van der Waals surface area contributed by atoms with Crippen LogP contribution >= 0.6 is 0 Å². The summed E-state index contributed by atoms with van der Waals surface area (Å²) in [6.07, 6.45) is 0. The van der Waals surface area contributed by atoms with Crippen LogP contribution in [-0.4, -0.2) is 4.57 Å². The summed E-state index contributed by atoms with van der Waals surface area (Å²) in [7, 11) is 0. The topological polar surface area (TPSA) is 18.1 Å². The number of furan rings is 1. The van der Waals surface area contributed by atoms with Gasteiger partial charge in [-0.25, -0.2) is 0 Å². The van der Waals surface area contributed by atoms with Gasteiger partial charge in [0.1, 0.15) is 11.2 Å². The standard InChI is InChI=1S/C55H37NO/c1-55(2)47-23-13-11-22-43(47)54-53(55)44-29-26-37(33-48(44)56(54)38-17-7-4-8-18-38)51-40-20-9-10-21-41(40)52(46-31-35(25-28-42(46)51)34-15-5-3-6-16-34)36-27-30-50-45(32-36)39-19-12-14-24-49(39)57-50/h3-33H,1-2H3. The maximum absolute atomic E-state index is 6.30. The third-order valence-electron chi connectivity index (χ3n) is 12.5. The fraction of sp³-hybridized carbons (Fsp3) is 0.0545. The molecule has 268 valence electrons. The molecule has 2 nitrogen and oxygen atoms in total. The highest BCUT2D eigenvalue weighted by molar-refractivity contribution is 6.23. The van der Waals surface area contributed by atoms with Crippen LogP contribution in [0.4, 0.5) is 0 Å². The Labute approximate surface area is 330 Å². The Hall–Kier alpha value is -7.16. The van der Waals surface area contributed by atoms with Crippen LogP contribution in [-0.2, 0) is 5.41 Å². The number of aromatic nitrogens is 1. The number of rotatable bonds is 4. The maximum atomic E-state index is 6.30. The Morgan fingerprint density at radius 3 is 1.77 bits per heavy atom. The molecule has 2 heterocycles. The van der Waals surface area contributed by atoms with Gasteiger partial charge in [0.05, 0.1) is 11.2 Å². The normalized spacial score (nSPS) is 13.2. The first kappa shape index (κ1) is 32.1. The van der Waals surface area contributed by atoms with Gasteiger partial charge in [0.2, 0.25) is 0 Å². The van der Waals surface area contributed by atoms with Gasteiger partial charge in [0.15, 0.2) is 0 Å². The second-order valence-corrected chi connectivity index (χ2v) is 16.0. The van der Waals surface area contributed by atoms with Crippen molar-refractivity contribution in [2.45, 2.75) is 19.3 Å². The van der Waals surface area contributed by atoms with E-state index in [1.807, 2.05) is 6.07 Å². The highest BCUT2D eigenvalue weighted by Crippen LogP contribution is 2.54. The average Bonchev–Trinajstić information content (AvgIpc) is 3.89. The fourth-order valence-corrected chi connectivity index (χ4v) is 10.0. The van der Waals surface area contributed by atoms with Crippen molar-refractivity contribution < 1.29 is 4.42 Å². The third-order valence-corrected chi connectivity index (χ3v) is 12.5. The van der Waals surface area contributed by atoms with Gasteiger partial charge in [-0.3, -0.25) is 0 Å². The number of para-hydroxylation sites is 2. The molecule has 1 aliphatic rings. The predicted molar refractivity (Wildman–Crippen MR) is 239 cm³/mol. The summed E-state index contributed by atoms with van der Waals surface area (Å²) in [6, 6.07) is 68.9. The summed E-state index contributed by atoms with van der Waals surface area (Å²) in [5.41, 5.74) is 16.8. The zero-order valence-electron chi connectivity index (χ0n) is 31.8. The Bertz CT molecular complexity index is 3420. The van der Waals surface area contributed by atoms with Gasteiger partial charge < -0.3 is 8.98 Å². The number of fused-ring (bicyclic) bond motifs is 10. The molecule has 0 unspecified atom stereocenters. The Kier molecular flexibility index (Phi) is 6.72. The Morgan fingerprint density at radius 1 is 0.404 bits per heavy atom. The minimum atomic E-state index is -0.137. The lowest BCUT2D eigenvalue weighted by molar-refractivity contribution is 0.666. The number of nitrogens with zero attached hydrogens (tertiary/aromatic N) is 1. The molecule has 9 aromatic carbocycles. The lowest BCUT2D eigenvalue weighted by Gasteiger charge is -2.22. The highest BCUT2D eigenvalue weighted by atomic mass is 16.3. The van der Waals surface area contributed by atoms with E-state index in [0.29, 0.717) is 0 Å². The van der Waals surface area contributed by atoms with Crippen LogP contribution in [0, 0.1) is 0 Å². The van der Waals surface area contributed by atoms with Gasteiger partial charge in [0.25, 0.3) is 0 Å². The lowest BCUT2D eigenvalue weighted by atomic mass is 9.81. The van der Waals surface area contributed by atoms with Gasteiger partial charge >= 0.3 is 0 Å². The van der Waals surface area contributed by atoms with Gasteiger partial charge in [-0.2, -0.15) is 0 Å². The van der Waals surface area contributed by atoms with Crippen LogP contribution in [0.1, 0.15) is 25.0 Å². The fourth-order valence-electron chi connectivity index (χ4n) is 10.0. The molecular weight excluding hydrogens is 691 g/mol. The molecule has 0 spiro atoms. The largest absolute Gasteiger partial charge is 0.456 e. The molecule has 11 aromatic rings. The second-order valence-electron chi connectivity index (χ2n) is 16.0. The Morgan fingerprint density at radius 2 is 0.965 bits per heavy atom. The SMILES string of the molecule is CC1(C)c2ccccc2-c2c1c1ccc(-c3c4ccccc4c(-c4ccc5oc6ccccc6c5c4)c4cc(-c5ccccc5)ccc34)cc1n2-c1ccccc1. The third kappa shape index (κ3) is 4.59. The van der Waals surface area contributed by atoms with E-state index in [9.17, 15) is 0 Å². The van der Waals surface area contributed by atoms with Crippen molar-refractivity contribution in [1.29, 1.82) is 0 Å². The molecule has 0 aliphatic heterocycles. The molecule has 0 radical (unpaired) electrons. The number of hydrogen-bond acceptors (Lipinski definition) is 1. The number of hydrogen-bond donors (Lipinski definition) is 0. The molecule has 1 aliphatic carbocycles. The van der Waals surface area contributed by atoms with E-state index in [-0.39, 0.29) is 5.41 Å². The molecule has 0 saturated heterocycles. The summed E-state index contributed by atoms with van der Waals surface area (Å²) < 4.78 is 8.81. The van der Waals surface area contributed by atoms with Crippen molar-refractivity contribution in [3.63, 3.8) is 0 Å². The van der Waals surface area contributed by atoms with E-state index in [1.165, 1.54) is 93.9 Å². The van der Waals surface area contributed by atoms with Crippen molar-refractivity contribution in [2.24, 2.45) is 0 Å². The summed E-state index contributed by atoms with van der Waals surface area (Å²) in [4.78, 5) is 0. The van der Waals surface area contributed by atoms with Crippen molar-refractivity contribution in [2.75, 3.05) is 0 Å². The summed E-state index contributed by atoms with van der Waals surface area (Å²) >= 11 is 0. The molecule has 0 saturated carbocycles. The van der Waals surface area contributed by atoms with Crippen LogP contribution in [0.15, 0.2) is 192 Å². The van der Waals surface area contributed by atoms with Crippen molar-refractivity contribution in [3.8, 4) is 50.3 Å². The molecule has 2 heteroatoms. The van der Waals surface area contributed by atoms with Gasteiger partial charge in [-0.05, 0) is 109 Å². The van der Waals surface area contributed by atoms with Crippen LogP contribution in [0.2, 0.25) is 0 Å². The maximum Gasteiger partial charge on any atom is 0.135 e. The number of benzene rings is 9. The molecule has 2 aromatic heterocycles. The molecule has 0 atom stereocenters. The van der Waals surface area contributed by atoms with Crippen molar-refractivity contribution >= 4 is 54.4 Å². The first-order valence-corrected chi connectivity index (χ1v) is 19.8. The highest BCUT2D eigenvalue weighted by Gasteiger charge is 2.40. The van der Waals surface area contributed by atoms with Crippen LogP contribution in [0.25, 0.3) is 105 Å². The lowest BCUT2D eigenvalue weighted by Crippen LogP contribution is -2.14. The van der Waals surface area contributed by atoms with Crippen molar-refractivity contribution in [1.82, 2.24) is 4.57 Å². The monoisotopic (exact) mass is 727 g/mol. The van der Waals surface area contributed by atoms with E-state index in [1.54, 1.807) is 0 Å². The minimum Gasteiger partial charge on any atom is -0.456 e. The molecule has 0 amide bonds. The summed E-state index contributed by atoms with van der Waals surface area (Å²) in [6.45, 7) is 4.77. The summed E-state index contributed by atoms with van der Waals surface area (Å²) in [5.74, 6) is 0. The Balaban J connectivity index is 1.18.